The van der Waals surface area contributed by atoms with Gasteiger partial charge in [0.15, 0.2) is 0 Å². The second kappa shape index (κ2) is 16.2. The van der Waals surface area contributed by atoms with Gasteiger partial charge in [-0.25, -0.2) is 4.79 Å². The molecular formula is C29H42O4. The fraction of sp³-hybridized carbons (Fsp3) is 0.552. The Morgan fingerprint density at radius 1 is 0.697 bits per heavy atom. The van der Waals surface area contributed by atoms with Crippen molar-refractivity contribution >= 4 is 5.97 Å². The molecule has 0 saturated heterocycles. The maximum Gasteiger partial charge on any atom is 0.343 e. The first-order valence-corrected chi connectivity index (χ1v) is 12.8. The summed E-state index contributed by atoms with van der Waals surface area (Å²) in [5.41, 5.74) is 0.503. The minimum absolute atomic E-state index is 0.380. The Kier molecular flexibility index (Phi) is 13.1. The van der Waals surface area contributed by atoms with Gasteiger partial charge in [0.25, 0.3) is 0 Å². The quantitative estimate of drug-likeness (QED) is 0.137. The largest absolute Gasteiger partial charge is 0.494 e. The van der Waals surface area contributed by atoms with E-state index in [0.717, 1.165) is 30.8 Å². The number of unbranched alkanes of at least 4 members (excludes halogenated alkanes) is 7. The molecule has 0 heterocycles. The normalized spacial score (nSPS) is 11.7. The Labute approximate surface area is 200 Å². The number of hydrogen-bond acceptors (Lipinski definition) is 4. The van der Waals surface area contributed by atoms with Crippen LogP contribution >= 0.6 is 0 Å². The van der Waals surface area contributed by atoms with E-state index in [0.29, 0.717) is 30.4 Å². The molecule has 0 spiro atoms. The van der Waals surface area contributed by atoms with Gasteiger partial charge in [-0.15, -0.1) is 0 Å². The van der Waals surface area contributed by atoms with Gasteiger partial charge in [0, 0.05) is 0 Å². The van der Waals surface area contributed by atoms with Crippen LogP contribution in [0.1, 0.15) is 95.3 Å². The van der Waals surface area contributed by atoms with Crippen LogP contribution in [0.2, 0.25) is 0 Å². The molecule has 182 valence electrons. The van der Waals surface area contributed by atoms with E-state index in [9.17, 15) is 4.79 Å². The number of benzene rings is 2. The van der Waals surface area contributed by atoms with Crippen molar-refractivity contribution in [2.24, 2.45) is 5.92 Å². The highest BCUT2D eigenvalue weighted by atomic mass is 16.5. The van der Waals surface area contributed by atoms with Crippen LogP contribution in [0.3, 0.4) is 0 Å². The summed E-state index contributed by atoms with van der Waals surface area (Å²) in [6, 6.07) is 14.4. The lowest BCUT2D eigenvalue weighted by Gasteiger charge is -2.12. The standard InChI is InChI=1S/C29H42O4/c1-4-6-7-8-9-10-11-12-22-31-26-16-14-25(15-17-26)29(30)33-28-20-18-27(19-21-28)32-23-24(3)13-5-2/h14-21,24H,4-13,22-23H2,1-3H3/t24-/m1/s1. The third-order valence-electron chi connectivity index (χ3n) is 5.71. The van der Waals surface area contributed by atoms with Crippen LogP contribution in [0.4, 0.5) is 0 Å². The molecule has 33 heavy (non-hydrogen) atoms. The highest BCUT2D eigenvalue weighted by Gasteiger charge is 2.09. The Morgan fingerprint density at radius 2 is 1.24 bits per heavy atom. The second-order valence-corrected chi connectivity index (χ2v) is 8.91. The first kappa shape index (κ1) is 26.8. The predicted molar refractivity (Wildman–Crippen MR) is 136 cm³/mol. The molecule has 2 aromatic rings. The smallest absolute Gasteiger partial charge is 0.343 e. The molecule has 1 atom stereocenters. The molecule has 0 bridgehead atoms. The average molecular weight is 455 g/mol. The lowest BCUT2D eigenvalue weighted by Crippen LogP contribution is -2.09. The van der Waals surface area contributed by atoms with Crippen LogP contribution in [0.25, 0.3) is 0 Å². The van der Waals surface area contributed by atoms with E-state index in [1.54, 1.807) is 24.3 Å². The number of ether oxygens (including phenoxy) is 3. The number of hydrogen-bond donors (Lipinski definition) is 0. The van der Waals surface area contributed by atoms with E-state index in [2.05, 4.69) is 20.8 Å². The number of carbonyl (C=O) groups is 1. The average Bonchev–Trinajstić information content (AvgIpc) is 2.83. The van der Waals surface area contributed by atoms with Crippen molar-refractivity contribution in [1.29, 1.82) is 0 Å². The molecule has 0 unspecified atom stereocenters. The monoisotopic (exact) mass is 454 g/mol. The van der Waals surface area contributed by atoms with Gasteiger partial charge in [-0.3, -0.25) is 0 Å². The number of esters is 1. The summed E-state index contributed by atoms with van der Waals surface area (Å²) in [6.45, 7) is 8.02. The van der Waals surface area contributed by atoms with Gasteiger partial charge >= 0.3 is 5.97 Å². The zero-order chi connectivity index (χ0) is 23.7. The molecule has 0 N–H and O–H groups in total. The Morgan fingerprint density at radius 3 is 1.88 bits per heavy atom. The zero-order valence-corrected chi connectivity index (χ0v) is 20.8. The molecule has 2 rings (SSSR count). The molecular weight excluding hydrogens is 412 g/mol. The summed E-state index contributed by atoms with van der Waals surface area (Å²) in [7, 11) is 0. The van der Waals surface area contributed by atoms with E-state index in [1.165, 1.54) is 44.9 Å². The fourth-order valence-corrected chi connectivity index (χ4v) is 3.70. The third kappa shape index (κ3) is 11.3. The maximum absolute atomic E-state index is 12.4. The van der Waals surface area contributed by atoms with Crippen molar-refractivity contribution in [3.8, 4) is 17.2 Å². The van der Waals surface area contributed by atoms with Gasteiger partial charge in [-0.2, -0.15) is 0 Å². The van der Waals surface area contributed by atoms with E-state index in [4.69, 9.17) is 14.2 Å². The van der Waals surface area contributed by atoms with Gasteiger partial charge in [-0.1, -0.05) is 72.1 Å². The summed E-state index contributed by atoms with van der Waals surface area (Å²) >= 11 is 0. The molecule has 0 aliphatic heterocycles. The molecule has 4 heteroatoms. The molecule has 0 amide bonds. The molecule has 0 saturated carbocycles. The summed E-state index contributed by atoms with van der Waals surface area (Å²) in [5, 5.41) is 0. The van der Waals surface area contributed by atoms with Crippen LogP contribution < -0.4 is 14.2 Å². The molecule has 0 aromatic heterocycles. The minimum Gasteiger partial charge on any atom is -0.494 e. The predicted octanol–water partition coefficient (Wildman–Crippen LogP) is 8.24. The van der Waals surface area contributed by atoms with Crippen LogP contribution in [-0.2, 0) is 0 Å². The second-order valence-electron chi connectivity index (χ2n) is 8.91. The van der Waals surface area contributed by atoms with E-state index in [1.807, 2.05) is 24.3 Å². The molecule has 0 fully saturated rings. The Balaban J connectivity index is 1.67. The summed E-state index contributed by atoms with van der Waals surface area (Å²) in [6.07, 6.45) is 12.5. The van der Waals surface area contributed by atoms with Crippen LogP contribution in [-0.4, -0.2) is 19.2 Å². The molecule has 0 radical (unpaired) electrons. The first-order chi connectivity index (χ1) is 16.1. The number of rotatable bonds is 17. The third-order valence-corrected chi connectivity index (χ3v) is 5.71. The highest BCUT2D eigenvalue weighted by Crippen LogP contribution is 2.21. The topological polar surface area (TPSA) is 44.8 Å². The van der Waals surface area contributed by atoms with Gasteiger partial charge in [0.05, 0.1) is 18.8 Å². The van der Waals surface area contributed by atoms with Crippen molar-refractivity contribution in [3.63, 3.8) is 0 Å². The zero-order valence-electron chi connectivity index (χ0n) is 20.8. The van der Waals surface area contributed by atoms with Gasteiger partial charge in [0.1, 0.15) is 17.2 Å². The van der Waals surface area contributed by atoms with Crippen molar-refractivity contribution < 1.29 is 19.0 Å². The highest BCUT2D eigenvalue weighted by molar-refractivity contribution is 5.91. The Hall–Kier alpha value is -2.49. The summed E-state index contributed by atoms with van der Waals surface area (Å²) in [5.74, 6) is 2.22. The van der Waals surface area contributed by atoms with Gasteiger partial charge in [-0.05, 0) is 67.3 Å². The summed E-state index contributed by atoms with van der Waals surface area (Å²) < 4.78 is 17.1. The molecule has 4 nitrogen and oxygen atoms in total. The van der Waals surface area contributed by atoms with E-state index in [-0.39, 0.29) is 5.97 Å². The minimum atomic E-state index is -0.380. The number of carbonyl (C=O) groups excluding carboxylic acids is 1. The van der Waals surface area contributed by atoms with Crippen molar-refractivity contribution in [3.05, 3.63) is 54.1 Å². The Bertz CT molecular complexity index is 767. The lowest BCUT2D eigenvalue weighted by atomic mass is 10.1. The van der Waals surface area contributed by atoms with E-state index >= 15 is 0 Å². The lowest BCUT2D eigenvalue weighted by molar-refractivity contribution is 0.0734. The van der Waals surface area contributed by atoms with E-state index < -0.39 is 0 Å². The molecule has 0 aliphatic rings. The fourth-order valence-electron chi connectivity index (χ4n) is 3.70. The van der Waals surface area contributed by atoms with Crippen LogP contribution in [0.5, 0.6) is 17.2 Å². The van der Waals surface area contributed by atoms with Crippen LogP contribution in [0.15, 0.2) is 48.5 Å². The molecule has 0 aliphatic carbocycles. The SMILES string of the molecule is CCCCCCCCCCOc1ccc(C(=O)Oc2ccc(OC[C@H](C)CCC)cc2)cc1. The van der Waals surface area contributed by atoms with Crippen molar-refractivity contribution in [2.45, 2.75) is 85.0 Å². The van der Waals surface area contributed by atoms with Crippen molar-refractivity contribution in [2.75, 3.05) is 13.2 Å². The first-order valence-electron chi connectivity index (χ1n) is 12.8. The van der Waals surface area contributed by atoms with Gasteiger partial charge in [0.2, 0.25) is 0 Å². The maximum atomic E-state index is 12.4. The van der Waals surface area contributed by atoms with Gasteiger partial charge < -0.3 is 14.2 Å². The molecule has 2 aromatic carbocycles. The summed E-state index contributed by atoms with van der Waals surface area (Å²) in [4.78, 5) is 12.4. The van der Waals surface area contributed by atoms with Crippen LogP contribution in [0, 0.1) is 5.92 Å². The van der Waals surface area contributed by atoms with Crippen molar-refractivity contribution in [1.82, 2.24) is 0 Å².